The first-order chi connectivity index (χ1) is 15.1. The minimum Gasteiger partial charge on any atom is -0.467 e. The number of aliphatic hydroxyl groups excluding tert-OH is 1. The van der Waals surface area contributed by atoms with Crippen molar-refractivity contribution in [1.82, 2.24) is 20.4 Å². The van der Waals surface area contributed by atoms with Gasteiger partial charge < -0.3 is 26.2 Å². The van der Waals surface area contributed by atoms with Gasteiger partial charge in [-0.05, 0) is 30.9 Å². The maximum atomic E-state index is 13.1. The van der Waals surface area contributed by atoms with Crippen LogP contribution in [0.3, 0.4) is 0 Å². The standard InChI is InChI=1S/C22H33N5O5/c1-22(2,3)18(20(30)24-13-16(28)21(31)32-4)25-19(29)17-14-9-5-6-10-15(14)27(26-17)12-8-7-11-23/h5-6,9-10,16,18,28H,7-8,11-13,23H2,1-4H3,(H,24,30)(H,25,29)/t16-,18?/m0/s1. The number of rotatable bonds is 10. The normalized spacial score (nSPS) is 13.4. The number of hydrogen-bond donors (Lipinski definition) is 4. The van der Waals surface area contributed by atoms with Crippen LogP contribution >= 0.6 is 0 Å². The van der Waals surface area contributed by atoms with Crippen LogP contribution in [0.15, 0.2) is 24.3 Å². The molecule has 2 rings (SSSR count). The second kappa shape index (κ2) is 11.1. The summed E-state index contributed by atoms with van der Waals surface area (Å²) in [7, 11) is 1.14. The third-order valence-corrected chi connectivity index (χ3v) is 5.04. The molecule has 1 aromatic heterocycles. The number of hydrogen-bond acceptors (Lipinski definition) is 7. The zero-order valence-electron chi connectivity index (χ0n) is 19.1. The Bertz CT molecular complexity index is 950. The largest absolute Gasteiger partial charge is 0.467 e. The molecule has 32 heavy (non-hydrogen) atoms. The second-order valence-corrected chi connectivity index (χ2v) is 8.64. The van der Waals surface area contributed by atoms with Crippen LogP contribution in [0.5, 0.6) is 0 Å². The lowest BCUT2D eigenvalue weighted by atomic mass is 9.86. The lowest BCUT2D eigenvalue weighted by molar-refractivity contribution is -0.150. The summed E-state index contributed by atoms with van der Waals surface area (Å²) in [6.07, 6.45) is 0.187. The summed E-state index contributed by atoms with van der Waals surface area (Å²) in [6.45, 7) is 6.29. The number of amides is 2. The van der Waals surface area contributed by atoms with Crippen molar-refractivity contribution in [2.75, 3.05) is 20.2 Å². The number of benzene rings is 1. The third-order valence-electron chi connectivity index (χ3n) is 5.04. The number of aromatic nitrogens is 2. The average Bonchev–Trinajstić information content (AvgIpc) is 3.13. The lowest BCUT2D eigenvalue weighted by Gasteiger charge is -2.30. The summed E-state index contributed by atoms with van der Waals surface area (Å²) >= 11 is 0. The van der Waals surface area contributed by atoms with Gasteiger partial charge in [0.25, 0.3) is 5.91 Å². The number of nitrogens with two attached hydrogens (primary N) is 1. The smallest absolute Gasteiger partial charge is 0.336 e. The Morgan fingerprint density at radius 1 is 1.22 bits per heavy atom. The van der Waals surface area contributed by atoms with Gasteiger partial charge in [0.15, 0.2) is 11.8 Å². The number of nitrogens with zero attached hydrogens (tertiary/aromatic N) is 2. The zero-order valence-corrected chi connectivity index (χ0v) is 19.1. The summed E-state index contributed by atoms with van der Waals surface area (Å²) < 4.78 is 6.22. The monoisotopic (exact) mass is 447 g/mol. The molecule has 0 saturated carbocycles. The number of aryl methyl sites for hydroxylation is 1. The first-order valence-corrected chi connectivity index (χ1v) is 10.6. The molecule has 0 radical (unpaired) electrons. The minimum atomic E-state index is -1.49. The second-order valence-electron chi connectivity index (χ2n) is 8.64. The van der Waals surface area contributed by atoms with E-state index < -0.39 is 35.3 Å². The Morgan fingerprint density at radius 2 is 1.91 bits per heavy atom. The molecule has 0 spiro atoms. The Morgan fingerprint density at radius 3 is 2.53 bits per heavy atom. The van der Waals surface area contributed by atoms with Crippen LogP contribution in [0.1, 0.15) is 44.1 Å². The zero-order chi connectivity index (χ0) is 23.9. The highest BCUT2D eigenvalue weighted by molar-refractivity contribution is 6.06. The van der Waals surface area contributed by atoms with Gasteiger partial charge in [-0.15, -0.1) is 0 Å². The molecule has 0 bridgehead atoms. The predicted molar refractivity (Wildman–Crippen MR) is 120 cm³/mol. The summed E-state index contributed by atoms with van der Waals surface area (Å²) in [6, 6.07) is 6.48. The number of para-hydroxylation sites is 1. The molecule has 2 aromatic rings. The fourth-order valence-electron chi connectivity index (χ4n) is 3.26. The fraction of sp³-hybridized carbons (Fsp3) is 0.545. The minimum absolute atomic E-state index is 0.227. The first kappa shape index (κ1) is 25.3. The maximum Gasteiger partial charge on any atom is 0.336 e. The van der Waals surface area contributed by atoms with Gasteiger partial charge >= 0.3 is 5.97 Å². The molecule has 10 heteroatoms. The van der Waals surface area contributed by atoms with Crippen molar-refractivity contribution in [2.24, 2.45) is 11.1 Å². The Balaban J connectivity index is 2.22. The number of carbonyl (C=O) groups excluding carboxylic acids is 3. The fourth-order valence-corrected chi connectivity index (χ4v) is 3.26. The molecule has 1 aromatic carbocycles. The average molecular weight is 448 g/mol. The number of esters is 1. The van der Waals surface area contributed by atoms with Crippen molar-refractivity contribution in [2.45, 2.75) is 52.3 Å². The van der Waals surface area contributed by atoms with Crippen LogP contribution in [-0.2, 0) is 20.9 Å². The van der Waals surface area contributed by atoms with Gasteiger partial charge in [-0.1, -0.05) is 39.0 Å². The maximum absolute atomic E-state index is 13.1. The molecule has 0 aliphatic carbocycles. The molecule has 0 aliphatic rings. The number of ether oxygens (including phenoxy) is 1. The summed E-state index contributed by atoms with van der Waals surface area (Å²) in [5.41, 5.74) is 5.99. The number of methoxy groups -OCH3 is 1. The molecule has 1 unspecified atom stereocenters. The number of aliphatic hydroxyl groups is 1. The van der Waals surface area contributed by atoms with Crippen molar-refractivity contribution in [3.05, 3.63) is 30.0 Å². The molecule has 0 aliphatic heterocycles. The van der Waals surface area contributed by atoms with Gasteiger partial charge in [-0.2, -0.15) is 5.10 Å². The molecule has 176 valence electrons. The quantitative estimate of drug-likeness (QED) is 0.307. The van der Waals surface area contributed by atoms with Crippen molar-refractivity contribution >= 4 is 28.7 Å². The molecular weight excluding hydrogens is 414 g/mol. The highest BCUT2D eigenvalue weighted by Crippen LogP contribution is 2.22. The first-order valence-electron chi connectivity index (χ1n) is 10.6. The lowest BCUT2D eigenvalue weighted by Crippen LogP contribution is -2.55. The SMILES string of the molecule is COC(=O)[C@@H](O)CNC(=O)C(NC(=O)c1nn(CCCCN)c2ccccc12)C(C)(C)C. The van der Waals surface area contributed by atoms with Gasteiger partial charge in [-0.25, -0.2) is 4.79 Å². The van der Waals surface area contributed by atoms with Gasteiger partial charge in [-0.3, -0.25) is 14.3 Å². The van der Waals surface area contributed by atoms with Gasteiger partial charge in [0.2, 0.25) is 5.91 Å². The molecule has 2 atom stereocenters. The van der Waals surface area contributed by atoms with E-state index in [-0.39, 0.29) is 12.2 Å². The van der Waals surface area contributed by atoms with E-state index in [0.717, 1.165) is 25.5 Å². The molecule has 1 heterocycles. The molecule has 5 N–H and O–H groups in total. The van der Waals surface area contributed by atoms with E-state index in [1.807, 2.05) is 24.3 Å². The third kappa shape index (κ3) is 6.27. The van der Waals surface area contributed by atoms with Gasteiger partial charge in [0, 0.05) is 11.9 Å². The van der Waals surface area contributed by atoms with Crippen LogP contribution in [0.2, 0.25) is 0 Å². The molecule has 0 saturated heterocycles. The van der Waals surface area contributed by atoms with Crippen LogP contribution < -0.4 is 16.4 Å². The van der Waals surface area contributed by atoms with E-state index in [4.69, 9.17) is 5.73 Å². The molecule has 10 nitrogen and oxygen atoms in total. The summed E-state index contributed by atoms with van der Waals surface area (Å²) in [5.74, 6) is -1.86. The molecular formula is C22H33N5O5. The van der Waals surface area contributed by atoms with Crippen LogP contribution in [0.25, 0.3) is 10.9 Å². The van der Waals surface area contributed by atoms with E-state index >= 15 is 0 Å². The molecule has 2 amide bonds. The summed E-state index contributed by atoms with van der Waals surface area (Å²) in [5, 5.41) is 20.2. The van der Waals surface area contributed by atoms with Crippen molar-refractivity contribution in [1.29, 1.82) is 0 Å². The van der Waals surface area contributed by atoms with Crippen molar-refractivity contribution in [3.8, 4) is 0 Å². The predicted octanol–water partition coefficient (Wildman–Crippen LogP) is 0.570. The van der Waals surface area contributed by atoms with Crippen molar-refractivity contribution in [3.63, 3.8) is 0 Å². The van der Waals surface area contributed by atoms with E-state index in [1.165, 1.54) is 0 Å². The number of unbranched alkanes of at least 4 members (excludes halogenated alkanes) is 1. The topological polar surface area (TPSA) is 149 Å². The van der Waals surface area contributed by atoms with Gasteiger partial charge in [0.05, 0.1) is 19.2 Å². The number of carbonyl (C=O) groups is 3. The van der Waals surface area contributed by atoms with Gasteiger partial charge in [0.1, 0.15) is 6.04 Å². The Labute approximate surface area is 187 Å². The number of nitrogens with one attached hydrogen (secondary N) is 2. The Hall–Kier alpha value is -2.98. The number of fused-ring (bicyclic) bond motifs is 1. The van der Waals surface area contributed by atoms with Crippen LogP contribution in [0, 0.1) is 5.41 Å². The highest BCUT2D eigenvalue weighted by atomic mass is 16.5. The van der Waals surface area contributed by atoms with Crippen LogP contribution in [0.4, 0.5) is 0 Å². The summed E-state index contributed by atoms with van der Waals surface area (Å²) in [4.78, 5) is 37.3. The highest BCUT2D eigenvalue weighted by Gasteiger charge is 2.34. The molecule has 0 fully saturated rings. The Kier molecular flexibility index (Phi) is 8.73. The van der Waals surface area contributed by atoms with Crippen LogP contribution in [-0.4, -0.2) is 65.0 Å². The van der Waals surface area contributed by atoms with Crippen molar-refractivity contribution < 1.29 is 24.2 Å². The van der Waals surface area contributed by atoms with E-state index in [1.54, 1.807) is 25.5 Å². The van der Waals surface area contributed by atoms with E-state index in [0.29, 0.717) is 18.5 Å². The van der Waals surface area contributed by atoms with E-state index in [9.17, 15) is 19.5 Å². The van der Waals surface area contributed by atoms with E-state index in [2.05, 4.69) is 20.5 Å².